The van der Waals surface area contributed by atoms with Crippen molar-refractivity contribution in [2.45, 2.75) is 0 Å². The zero-order valence-electron chi connectivity index (χ0n) is 19.3. The summed E-state index contributed by atoms with van der Waals surface area (Å²) in [5.74, 6) is 1.30. The average molecular weight is 562 g/mol. The van der Waals surface area contributed by atoms with Gasteiger partial charge in [0.25, 0.3) is 5.91 Å². The number of ether oxygens (including phenoxy) is 2. The van der Waals surface area contributed by atoms with Gasteiger partial charge in [-0.1, -0.05) is 24.3 Å². The van der Waals surface area contributed by atoms with Gasteiger partial charge < -0.3 is 19.2 Å². The van der Waals surface area contributed by atoms with Crippen LogP contribution in [-0.2, 0) is 0 Å². The summed E-state index contributed by atoms with van der Waals surface area (Å²) >= 11 is 8.87. The fourth-order valence-electron chi connectivity index (χ4n) is 3.83. The van der Waals surface area contributed by atoms with Crippen LogP contribution in [0.25, 0.3) is 33.3 Å². The number of hydrogen-bond acceptors (Lipinski definition) is 6. The van der Waals surface area contributed by atoms with Crippen molar-refractivity contribution in [3.05, 3.63) is 82.8 Å². The Hall–Kier alpha value is -3.95. The van der Waals surface area contributed by atoms with Gasteiger partial charge in [-0.05, 0) is 87.5 Å². The van der Waals surface area contributed by atoms with Crippen LogP contribution < -0.4 is 20.1 Å². The van der Waals surface area contributed by atoms with Crippen LogP contribution in [0.3, 0.4) is 0 Å². The molecule has 0 aliphatic rings. The molecule has 0 aliphatic heterocycles. The second-order valence-corrected chi connectivity index (χ2v) is 9.12. The number of thiocarbonyl (C=S) groups is 1. The maximum absolute atomic E-state index is 13.0. The van der Waals surface area contributed by atoms with Crippen LogP contribution in [-0.4, -0.2) is 30.2 Å². The first-order valence-corrected chi connectivity index (χ1v) is 12.1. The van der Waals surface area contributed by atoms with Crippen LogP contribution in [0.2, 0.25) is 0 Å². The van der Waals surface area contributed by atoms with Crippen LogP contribution in [0.15, 0.2) is 81.7 Å². The molecule has 0 fully saturated rings. The summed E-state index contributed by atoms with van der Waals surface area (Å²) in [6, 6.07) is 22.4. The Balaban J connectivity index is 1.33. The smallest absolute Gasteiger partial charge is 0.261 e. The van der Waals surface area contributed by atoms with E-state index in [0.717, 1.165) is 26.6 Å². The molecule has 4 aromatic carbocycles. The average Bonchev–Trinajstić information content (AvgIpc) is 3.31. The topological polar surface area (TPSA) is 85.6 Å². The minimum absolute atomic E-state index is 0.150. The van der Waals surface area contributed by atoms with E-state index in [1.165, 1.54) is 7.11 Å². The van der Waals surface area contributed by atoms with E-state index in [0.29, 0.717) is 34.0 Å². The van der Waals surface area contributed by atoms with E-state index >= 15 is 0 Å². The number of rotatable bonds is 5. The summed E-state index contributed by atoms with van der Waals surface area (Å²) in [6.45, 7) is 0. The molecule has 0 unspecified atom stereocenters. The number of halogens is 1. The van der Waals surface area contributed by atoms with Gasteiger partial charge in [0.05, 0.1) is 24.3 Å². The van der Waals surface area contributed by atoms with Crippen molar-refractivity contribution in [3.63, 3.8) is 0 Å². The maximum Gasteiger partial charge on any atom is 0.261 e. The summed E-state index contributed by atoms with van der Waals surface area (Å²) in [6.07, 6.45) is 0. The highest BCUT2D eigenvalue weighted by Gasteiger charge is 2.16. The Kier molecular flexibility index (Phi) is 6.58. The SMILES string of the molecule is COc1ccc(-c2nc3cc(NC(=S)NC(=O)c4cc5ccccc5cc4OC)ccc3o2)cc1Br. The normalized spacial score (nSPS) is 10.9. The molecule has 0 bridgehead atoms. The predicted octanol–water partition coefficient (Wildman–Crippen LogP) is 6.55. The number of fused-ring (bicyclic) bond motifs is 2. The molecule has 0 radical (unpaired) electrons. The lowest BCUT2D eigenvalue weighted by molar-refractivity contribution is 0.0975. The van der Waals surface area contributed by atoms with E-state index in [9.17, 15) is 4.79 Å². The first kappa shape index (κ1) is 23.8. The minimum atomic E-state index is -0.370. The molecule has 9 heteroatoms. The number of anilines is 1. The molecular weight excluding hydrogens is 542 g/mol. The molecule has 1 amide bonds. The highest BCUT2D eigenvalue weighted by atomic mass is 79.9. The standard InChI is InChI=1S/C27H20BrN3O4S/c1-33-22-9-7-17(12-20(22)28)26-30-21-14-18(8-10-23(21)35-26)29-27(36)31-25(32)19-11-15-5-3-4-6-16(15)13-24(19)34-2/h3-14H,1-2H3,(H2,29,31,32,36). The lowest BCUT2D eigenvalue weighted by Crippen LogP contribution is -2.34. The van der Waals surface area contributed by atoms with Gasteiger partial charge in [-0.25, -0.2) is 4.98 Å². The number of oxazole rings is 1. The van der Waals surface area contributed by atoms with E-state index in [2.05, 4.69) is 31.5 Å². The number of hydrogen-bond donors (Lipinski definition) is 2. The molecule has 180 valence electrons. The fraction of sp³-hybridized carbons (Fsp3) is 0.0741. The Bertz CT molecular complexity index is 1630. The quantitative estimate of drug-likeness (QED) is 0.235. The first-order valence-electron chi connectivity index (χ1n) is 10.9. The number of aromatic nitrogens is 1. The van der Waals surface area contributed by atoms with E-state index < -0.39 is 0 Å². The van der Waals surface area contributed by atoms with Crippen molar-refractivity contribution in [3.8, 4) is 23.0 Å². The number of carbonyl (C=O) groups is 1. The van der Waals surface area contributed by atoms with Gasteiger partial charge in [0.15, 0.2) is 10.7 Å². The first-order chi connectivity index (χ1) is 17.4. The molecule has 2 N–H and O–H groups in total. The van der Waals surface area contributed by atoms with Crippen LogP contribution in [0.4, 0.5) is 5.69 Å². The number of amides is 1. The lowest BCUT2D eigenvalue weighted by atomic mass is 10.1. The Morgan fingerprint density at radius 2 is 1.69 bits per heavy atom. The van der Waals surface area contributed by atoms with Crippen molar-refractivity contribution >= 4 is 66.7 Å². The van der Waals surface area contributed by atoms with Gasteiger partial charge in [-0.2, -0.15) is 0 Å². The molecule has 0 aliphatic carbocycles. The number of benzene rings is 4. The summed E-state index contributed by atoms with van der Waals surface area (Å²) in [5.41, 5.74) is 3.13. The van der Waals surface area contributed by atoms with Crippen molar-refractivity contribution < 1.29 is 18.7 Å². The molecule has 0 saturated carbocycles. The highest BCUT2D eigenvalue weighted by Crippen LogP contribution is 2.32. The highest BCUT2D eigenvalue weighted by molar-refractivity contribution is 9.10. The zero-order chi connectivity index (χ0) is 25.2. The molecule has 0 spiro atoms. The van der Waals surface area contributed by atoms with Crippen molar-refractivity contribution in [2.24, 2.45) is 0 Å². The molecule has 1 heterocycles. The van der Waals surface area contributed by atoms with Gasteiger partial charge in [0.1, 0.15) is 17.0 Å². The molecule has 5 rings (SSSR count). The second kappa shape index (κ2) is 9.96. The van der Waals surface area contributed by atoms with Gasteiger partial charge in [-0.3, -0.25) is 10.1 Å². The second-order valence-electron chi connectivity index (χ2n) is 7.86. The van der Waals surface area contributed by atoms with Crippen LogP contribution in [0.1, 0.15) is 10.4 Å². The summed E-state index contributed by atoms with van der Waals surface area (Å²) in [4.78, 5) is 17.5. The van der Waals surface area contributed by atoms with Gasteiger partial charge in [-0.15, -0.1) is 0 Å². The molecular formula is C27H20BrN3O4S. The summed E-state index contributed by atoms with van der Waals surface area (Å²) < 4.78 is 17.4. The van der Waals surface area contributed by atoms with Crippen LogP contribution >= 0.6 is 28.1 Å². The summed E-state index contributed by atoms with van der Waals surface area (Å²) in [5, 5.41) is 7.82. The lowest BCUT2D eigenvalue weighted by Gasteiger charge is -2.12. The Labute approximate surface area is 220 Å². The van der Waals surface area contributed by atoms with Crippen molar-refractivity contribution in [1.82, 2.24) is 10.3 Å². The molecule has 7 nitrogen and oxygen atoms in total. The van der Waals surface area contributed by atoms with E-state index in [-0.39, 0.29) is 11.0 Å². The number of carbonyl (C=O) groups excluding carboxylic acids is 1. The molecule has 5 aromatic rings. The molecule has 1 aromatic heterocycles. The number of methoxy groups -OCH3 is 2. The van der Waals surface area contributed by atoms with Crippen molar-refractivity contribution in [2.75, 3.05) is 19.5 Å². The third kappa shape index (κ3) is 4.75. The zero-order valence-corrected chi connectivity index (χ0v) is 21.7. The van der Waals surface area contributed by atoms with Crippen LogP contribution in [0.5, 0.6) is 11.5 Å². The largest absolute Gasteiger partial charge is 0.496 e. The van der Waals surface area contributed by atoms with E-state index in [4.69, 9.17) is 26.1 Å². The third-order valence-corrected chi connectivity index (χ3v) is 6.41. The predicted molar refractivity (Wildman–Crippen MR) is 148 cm³/mol. The van der Waals surface area contributed by atoms with E-state index in [1.807, 2.05) is 48.5 Å². The van der Waals surface area contributed by atoms with Gasteiger partial charge in [0, 0.05) is 11.3 Å². The van der Waals surface area contributed by atoms with Gasteiger partial charge in [0.2, 0.25) is 5.89 Å². The minimum Gasteiger partial charge on any atom is -0.496 e. The Morgan fingerprint density at radius 3 is 2.42 bits per heavy atom. The van der Waals surface area contributed by atoms with Crippen LogP contribution in [0, 0.1) is 0 Å². The van der Waals surface area contributed by atoms with Gasteiger partial charge >= 0.3 is 0 Å². The molecule has 36 heavy (non-hydrogen) atoms. The monoisotopic (exact) mass is 561 g/mol. The fourth-order valence-corrected chi connectivity index (χ4v) is 4.58. The summed E-state index contributed by atoms with van der Waals surface area (Å²) in [7, 11) is 3.14. The Morgan fingerprint density at radius 1 is 0.944 bits per heavy atom. The number of nitrogens with zero attached hydrogens (tertiary/aromatic N) is 1. The third-order valence-electron chi connectivity index (χ3n) is 5.58. The maximum atomic E-state index is 13.0. The van der Waals surface area contributed by atoms with Crippen molar-refractivity contribution in [1.29, 1.82) is 0 Å². The molecule has 0 atom stereocenters. The number of nitrogens with one attached hydrogen (secondary N) is 2. The van der Waals surface area contributed by atoms with E-state index in [1.54, 1.807) is 31.4 Å². The molecule has 0 saturated heterocycles.